The standard InChI is InChI=1S/C11H9F3N4/c12-11(13,14)9-3-1-2-7(4-9)8-5-16-10(18-15)17-6-8/h1-6H,15H2,(H,16,17,18). The molecule has 1 aromatic heterocycles. The van der Waals surface area contributed by atoms with Crippen molar-refractivity contribution >= 4 is 5.95 Å². The number of benzene rings is 1. The first-order valence-electron chi connectivity index (χ1n) is 4.97. The predicted molar refractivity (Wildman–Crippen MR) is 60.3 cm³/mol. The van der Waals surface area contributed by atoms with Crippen LogP contribution < -0.4 is 11.3 Å². The Morgan fingerprint density at radius 3 is 2.28 bits per heavy atom. The Balaban J connectivity index is 2.38. The summed E-state index contributed by atoms with van der Waals surface area (Å²) in [6.07, 6.45) is -1.56. The Kier molecular flexibility index (Phi) is 3.15. The number of aromatic nitrogens is 2. The van der Waals surface area contributed by atoms with Crippen molar-refractivity contribution in [2.75, 3.05) is 5.43 Å². The molecule has 7 heteroatoms. The smallest absolute Gasteiger partial charge is 0.292 e. The van der Waals surface area contributed by atoms with E-state index in [1.807, 2.05) is 0 Å². The normalized spacial score (nSPS) is 11.3. The maximum Gasteiger partial charge on any atom is 0.416 e. The Bertz CT molecular complexity index is 537. The van der Waals surface area contributed by atoms with Gasteiger partial charge < -0.3 is 0 Å². The molecular weight excluding hydrogens is 245 g/mol. The van der Waals surface area contributed by atoms with Crippen LogP contribution in [-0.2, 0) is 6.18 Å². The van der Waals surface area contributed by atoms with Gasteiger partial charge in [-0.1, -0.05) is 12.1 Å². The van der Waals surface area contributed by atoms with E-state index in [4.69, 9.17) is 5.84 Å². The summed E-state index contributed by atoms with van der Waals surface area (Å²) in [5, 5.41) is 0. The van der Waals surface area contributed by atoms with Gasteiger partial charge in [-0.25, -0.2) is 15.8 Å². The summed E-state index contributed by atoms with van der Waals surface area (Å²) in [5.41, 5.74) is 2.41. The molecule has 0 bridgehead atoms. The summed E-state index contributed by atoms with van der Waals surface area (Å²) in [4.78, 5) is 7.67. The van der Waals surface area contributed by atoms with Gasteiger partial charge in [-0.15, -0.1) is 0 Å². The van der Waals surface area contributed by atoms with Crippen LogP contribution in [0.4, 0.5) is 19.1 Å². The number of nitrogens with one attached hydrogen (secondary N) is 1. The Hall–Kier alpha value is -2.15. The van der Waals surface area contributed by atoms with Crippen molar-refractivity contribution in [3.8, 4) is 11.1 Å². The first kappa shape index (κ1) is 12.3. The molecule has 0 aliphatic rings. The lowest BCUT2D eigenvalue weighted by Crippen LogP contribution is -2.10. The summed E-state index contributed by atoms with van der Waals surface area (Å²) in [6.45, 7) is 0. The Morgan fingerprint density at radius 2 is 1.72 bits per heavy atom. The van der Waals surface area contributed by atoms with Gasteiger partial charge in [0.15, 0.2) is 0 Å². The number of rotatable bonds is 2. The topological polar surface area (TPSA) is 63.8 Å². The molecule has 0 saturated carbocycles. The molecule has 18 heavy (non-hydrogen) atoms. The molecule has 2 aromatic rings. The molecule has 94 valence electrons. The number of nitrogens with two attached hydrogens (primary N) is 1. The third kappa shape index (κ3) is 2.57. The molecular formula is C11H9F3N4. The summed E-state index contributed by atoms with van der Waals surface area (Å²) >= 11 is 0. The fourth-order valence-corrected chi connectivity index (χ4v) is 1.43. The van der Waals surface area contributed by atoms with E-state index in [0.29, 0.717) is 11.1 Å². The van der Waals surface area contributed by atoms with Crippen LogP contribution in [0.5, 0.6) is 0 Å². The summed E-state index contributed by atoms with van der Waals surface area (Å²) in [6, 6.07) is 4.96. The number of halogens is 3. The Labute approximate surface area is 101 Å². The Morgan fingerprint density at radius 1 is 1.06 bits per heavy atom. The summed E-state index contributed by atoms with van der Waals surface area (Å²) in [5.74, 6) is 5.30. The number of hydrogen-bond acceptors (Lipinski definition) is 4. The van der Waals surface area contributed by atoms with Crippen LogP contribution >= 0.6 is 0 Å². The SMILES string of the molecule is NNc1ncc(-c2cccc(C(F)(F)F)c2)cn1. The molecule has 4 nitrogen and oxygen atoms in total. The summed E-state index contributed by atoms with van der Waals surface area (Å²) in [7, 11) is 0. The minimum absolute atomic E-state index is 0.200. The first-order chi connectivity index (χ1) is 8.50. The average molecular weight is 254 g/mol. The van der Waals surface area contributed by atoms with Gasteiger partial charge in [0.1, 0.15) is 0 Å². The van der Waals surface area contributed by atoms with Crippen molar-refractivity contribution in [3.05, 3.63) is 42.2 Å². The number of nitrogens with zero attached hydrogens (tertiary/aromatic N) is 2. The third-order valence-corrected chi connectivity index (χ3v) is 2.30. The fourth-order valence-electron chi connectivity index (χ4n) is 1.43. The van der Waals surface area contributed by atoms with E-state index in [9.17, 15) is 13.2 Å². The van der Waals surface area contributed by atoms with Crippen LogP contribution in [-0.4, -0.2) is 9.97 Å². The average Bonchev–Trinajstić information content (AvgIpc) is 2.38. The molecule has 0 amide bonds. The van der Waals surface area contributed by atoms with Gasteiger partial charge in [0.25, 0.3) is 0 Å². The van der Waals surface area contributed by atoms with Crippen molar-refractivity contribution in [1.29, 1.82) is 0 Å². The fraction of sp³-hybridized carbons (Fsp3) is 0.0909. The second kappa shape index (κ2) is 4.61. The molecule has 0 saturated heterocycles. The van der Waals surface area contributed by atoms with Crippen molar-refractivity contribution in [3.63, 3.8) is 0 Å². The third-order valence-electron chi connectivity index (χ3n) is 2.30. The first-order valence-corrected chi connectivity index (χ1v) is 4.97. The van der Waals surface area contributed by atoms with Gasteiger partial charge in [0.2, 0.25) is 5.95 Å². The van der Waals surface area contributed by atoms with E-state index in [-0.39, 0.29) is 5.95 Å². The minimum atomic E-state index is -4.37. The molecule has 0 aliphatic heterocycles. The van der Waals surface area contributed by atoms with Crippen molar-refractivity contribution in [1.82, 2.24) is 9.97 Å². The van der Waals surface area contributed by atoms with Gasteiger partial charge in [-0.05, 0) is 17.7 Å². The number of hydrogen-bond donors (Lipinski definition) is 2. The van der Waals surface area contributed by atoms with Gasteiger partial charge in [-0.2, -0.15) is 13.2 Å². The van der Waals surface area contributed by atoms with Crippen LogP contribution in [0.3, 0.4) is 0 Å². The van der Waals surface area contributed by atoms with Crippen LogP contribution in [0.15, 0.2) is 36.7 Å². The van der Waals surface area contributed by atoms with Gasteiger partial charge in [0, 0.05) is 18.0 Å². The molecule has 0 radical (unpaired) electrons. The monoisotopic (exact) mass is 254 g/mol. The molecule has 0 atom stereocenters. The second-order valence-electron chi connectivity index (χ2n) is 3.52. The number of nitrogen functional groups attached to an aromatic ring is 1. The largest absolute Gasteiger partial charge is 0.416 e. The van der Waals surface area contributed by atoms with Crippen molar-refractivity contribution in [2.45, 2.75) is 6.18 Å². The highest BCUT2D eigenvalue weighted by Crippen LogP contribution is 2.31. The van der Waals surface area contributed by atoms with Crippen LogP contribution in [0.2, 0.25) is 0 Å². The lowest BCUT2D eigenvalue weighted by molar-refractivity contribution is -0.137. The van der Waals surface area contributed by atoms with Crippen molar-refractivity contribution in [2.24, 2.45) is 5.84 Å². The molecule has 3 N–H and O–H groups in total. The van der Waals surface area contributed by atoms with Crippen LogP contribution in [0.25, 0.3) is 11.1 Å². The van der Waals surface area contributed by atoms with E-state index in [1.54, 1.807) is 6.07 Å². The highest BCUT2D eigenvalue weighted by molar-refractivity contribution is 5.63. The molecule has 0 fully saturated rings. The van der Waals surface area contributed by atoms with E-state index in [1.165, 1.54) is 18.5 Å². The highest BCUT2D eigenvalue weighted by Gasteiger charge is 2.30. The van der Waals surface area contributed by atoms with E-state index < -0.39 is 11.7 Å². The molecule has 0 spiro atoms. The molecule has 1 aromatic carbocycles. The van der Waals surface area contributed by atoms with E-state index >= 15 is 0 Å². The van der Waals surface area contributed by atoms with Gasteiger partial charge >= 0.3 is 6.18 Å². The molecule has 2 rings (SSSR count). The quantitative estimate of drug-likeness (QED) is 0.638. The zero-order chi connectivity index (χ0) is 13.2. The lowest BCUT2D eigenvalue weighted by atomic mass is 10.1. The van der Waals surface area contributed by atoms with Gasteiger partial charge in [-0.3, -0.25) is 5.43 Å². The molecule has 0 unspecified atom stereocenters. The maximum absolute atomic E-state index is 12.5. The number of alkyl halides is 3. The number of anilines is 1. The lowest BCUT2D eigenvalue weighted by Gasteiger charge is -2.08. The van der Waals surface area contributed by atoms with E-state index in [2.05, 4.69) is 15.4 Å². The van der Waals surface area contributed by atoms with E-state index in [0.717, 1.165) is 12.1 Å². The zero-order valence-corrected chi connectivity index (χ0v) is 9.07. The zero-order valence-electron chi connectivity index (χ0n) is 9.07. The maximum atomic E-state index is 12.5. The van der Waals surface area contributed by atoms with Crippen LogP contribution in [0.1, 0.15) is 5.56 Å². The van der Waals surface area contributed by atoms with Crippen molar-refractivity contribution < 1.29 is 13.2 Å². The van der Waals surface area contributed by atoms with Gasteiger partial charge in [0.05, 0.1) is 5.56 Å². The predicted octanol–water partition coefficient (Wildman–Crippen LogP) is 2.45. The molecule has 1 heterocycles. The number of hydrazine groups is 1. The summed E-state index contributed by atoms with van der Waals surface area (Å²) < 4.78 is 37.6. The van der Waals surface area contributed by atoms with Crippen LogP contribution in [0, 0.1) is 0 Å². The highest BCUT2D eigenvalue weighted by atomic mass is 19.4. The minimum Gasteiger partial charge on any atom is -0.292 e. The second-order valence-corrected chi connectivity index (χ2v) is 3.52. The molecule has 0 aliphatic carbocycles.